The fourth-order valence-corrected chi connectivity index (χ4v) is 3.03. The summed E-state index contributed by atoms with van der Waals surface area (Å²) in [7, 11) is 0. The molecule has 0 unspecified atom stereocenters. The quantitative estimate of drug-likeness (QED) is 0.839. The van der Waals surface area contributed by atoms with Gasteiger partial charge in [-0.2, -0.15) is 0 Å². The molecular weight excluding hydrogens is 272 g/mol. The third kappa shape index (κ3) is 2.49. The normalized spacial score (nSPS) is 15.6. The van der Waals surface area contributed by atoms with Crippen LogP contribution in [0.1, 0.15) is 36.0 Å². The highest BCUT2D eigenvalue weighted by molar-refractivity contribution is 5.92. The van der Waals surface area contributed by atoms with Crippen LogP contribution in [0.5, 0.6) is 0 Å². The maximum Gasteiger partial charge on any atom is 0.335 e. The number of nitrogens with one attached hydrogen (secondary N) is 1. The molecule has 6 nitrogen and oxygen atoms in total. The molecule has 0 bridgehead atoms. The monoisotopic (exact) mass is 288 g/mol. The summed E-state index contributed by atoms with van der Waals surface area (Å²) in [6.07, 6.45) is 4.36. The van der Waals surface area contributed by atoms with Crippen molar-refractivity contribution in [1.82, 2.24) is 9.55 Å². The van der Waals surface area contributed by atoms with Crippen LogP contribution in [0, 0.1) is 5.92 Å². The summed E-state index contributed by atoms with van der Waals surface area (Å²) in [5.41, 5.74) is -0.205. The Labute approximate surface area is 120 Å². The van der Waals surface area contributed by atoms with Crippen molar-refractivity contribution in [1.29, 1.82) is 0 Å². The van der Waals surface area contributed by atoms with E-state index >= 15 is 0 Å². The molecule has 0 radical (unpaired) electrons. The highest BCUT2D eigenvalue weighted by atomic mass is 16.4. The number of carboxylic acid groups (broad SMARTS) is 1. The van der Waals surface area contributed by atoms with Gasteiger partial charge in [0.15, 0.2) is 0 Å². The van der Waals surface area contributed by atoms with Gasteiger partial charge in [0.25, 0.3) is 0 Å². The Morgan fingerprint density at radius 3 is 2.67 bits per heavy atom. The molecular formula is C15H16N2O4. The van der Waals surface area contributed by atoms with E-state index in [0.29, 0.717) is 23.5 Å². The number of carboxylic acids is 1. The Morgan fingerprint density at radius 1 is 1.29 bits per heavy atom. The molecule has 0 spiro atoms. The maximum absolute atomic E-state index is 12.1. The number of aromatic amines is 1. The van der Waals surface area contributed by atoms with Gasteiger partial charge in [-0.3, -0.25) is 9.59 Å². The zero-order chi connectivity index (χ0) is 15.0. The minimum absolute atomic E-state index is 0.106. The number of rotatable bonds is 3. The number of benzene rings is 1. The van der Waals surface area contributed by atoms with Gasteiger partial charge >= 0.3 is 17.1 Å². The van der Waals surface area contributed by atoms with Crippen LogP contribution in [-0.4, -0.2) is 20.6 Å². The molecule has 1 heterocycles. The molecule has 110 valence electrons. The van der Waals surface area contributed by atoms with Gasteiger partial charge in [-0.15, -0.1) is 0 Å². The molecule has 1 fully saturated rings. The van der Waals surface area contributed by atoms with Crippen LogP contribution in [0.4, 0.5) is 0 Å². The molecule has 1 aliphatic carbocycles. The number of H-pyrrole nitrogens is 1. The molecule has 2 aromatic rings. The van der Waals surface area contributed by atoms with E-state index in [1.807, 2.05) is 0 Å². The van der Waals surface area contributed by atoms with Crippen molar-refractivity contribution in [2.24, 2.45) is 5.92 Å². The van der Waals surface area contributed by atoms with Gasteiger partial charge in [0.2, 0.25) is 0 Å². The van der Waals surface area contributed by atoms with Crippen LogP contribution in [0.3, 0.4) is 0 Å². The van der Waals surface area contributed by atoms with Gasteiger partial charge < -0.3 is 14.7 Å². The van der Waals surface area contributed by atoms with Gasteiger partial charge in [-0.25, -0.2) is 4.79 Å². The van der Waals surface area contributed by atoms with Crippen molar-refractivity contribution in [3.05, 3.63) is 44.5 Å². The minimum Gasteiger partial charge on any atom is -0.478 e. The van der Waals surface area contributed by atoms with Crippen molar-refractivity contribution < 1.29 is 9.90 Å². The highest BCUT2D eigenvalue weighted by Gasteiger charge is 2.18. The second-order valence-corrected chi connectivity index (χ2v) is 5.56. The molecule has 0 atom stereocenters. The lowest BCUT2D eigenvalue weighted by atomic mass is 10.1. The summed E-state index contributed by atoms with van der Waals surface area (Å²) in [6, 6.07) is 4.40. The van der Waals surface area contributed by atoms with Gasteiger partial charge in [0.05, 0.1) is 16.6 Å². The Kier molecular flexibility index (Phi) is 3.37. The summed E-state index contributed by atoms with van der Waals surface area (Å²) in [5, 5.41) is 9.08. The number of aromatic nitrogens is 2. The lowest BCUT2D eigenvalue weighted by molar-refractivity contribution is 0.0697. The van der Waals surface area contributed by atoms with E-state index in [4.69, 9.17) is 5.11 Å². The summed E-state index contributed by atoms with van der Waals surface area (Å²) in [4.78, 5) is 37.5. The number of hydrogen-bond donors (Lipinski definition) is 2. The van der Waals surface area contributed by atoms with Crippen LogP contribution < -0.4 is 11.1 Å². The van der Waals surface area contributed by atoms with E-state index < -0.39 is 17.1 Å². The average molecular weight is 288 g/mol. The van der Waals surface area contributed by atoms with E-state index in [1.165, 1.54) is 22.8 Å². The molecule has 2 N–H and O–H groups in total. The number of aromatic carboxylic acids is 1. The average Bonchev–Trinajstić information content (AvgIpc) is 2.96. The molecule has 0 amide bonds. The lowest BCUT2D eigenvalue weighted by Gasteiger charge is -2.14. The molecule has 0 saturated heterocycles. The van der Waals surface area contributed by atoms with Crippen molar-refractivity contribution >= 4 is 17.0 Å². The predicted molar refractivity (Wildman–Crippen MR) is 77.7 cm³/mol. The van der Waals surface area contributed by atoms with Gasteiger partial charge in [0, 0.05) is 6.54 Å². The predicted octanol–water partition coefficient (Wildman–Crippen LogP) is 1.58. The Balaban J connectivity index is 2.20. The number of hydrogen-bond acceptors (Lipinski definition) is 3. The third-order valence-electron chi connectivity index (χ3n) is 4.14. The number of carbonyl (C=O) groups is 1. The van der Waals surface area contributed by atoms with E-state index in [2.05, 4.69) is 4.98 Å². The molecule has 0 aliphatic heterocycles. The fourth-order valence-electron chi connectivity index (χ4n) is 3.03. The first-order valence-corrected chi connectivity index (χ1v) is 7.06. The first-order chi connectivity index (χ1) is 10.1. The largest absolute Gasteiger partial charge is 0.478 e. The van der Waals surface area contributed by atoms with Crippen LogP contribution in [0.25, 0.3) is 11.0 Å². The van der Waals surface area contributed by atoms with E-state index in [1.54, 1.807) is 0 Å². The van der Waals surface area contributed by atoms with Crippen LogP contribution >= 0.6 is 0 Å². The molecule has 1 aliphatic rings. The molecule has 21 heavy (non-hydrogen) atoms. The smallest absolute Gasteiger partial charge is 0.335 e. The lowest BCUT2D eigenvalue weighted by Crippen LogP contribution is -2.37. The standard InChI is InChI=1S/C15H16N2O4/c18-13-14(19)17(8-9-3-1-2-4-9)12-7-10(15(20)21)5-6-11(12)16-13/h5-7,9H,1-4,8H2,(H,16,18)(H,20,21). The van der Waals surface area contributed by atoms with Crippen molar-refractivity contribution in [3.63, 3.8) is 0 Å². The van der Waals surface area contributed by atoms with E-state index in [9.17, 15) is 14.4 Å². The van der Waals surface area contributed by atoms with Crippen molar-refractivity contribution in [2.75, 3.05) is 0 Å². The Hall–Kier alpha value is -2.37. The zero-order valence-corrected chi connectivity index (χ0v) is 11.5. The van der Waals surface area contributed by atoms with Crippen LogP contribution in [-0.2, 0) is 6.54 Å². The van der Waals surface area contributed by atoms with E-state index in [-0.39, 0.29) is 5.56 Å². The van der Waals surface area contributed by atoms with Gasteiger partial charge in [-0.1, -0.05) is 12.8 Å². The summed E-state index contributed by atoms with van der Waals surface area (Å²) in [5.74, 6) is -0.677. The van der Waals surface area contributed by atoms with Gasteiger partial charge in [0.1, 0.15) is 0 Å². The van der Waals surface area contributed by atoms with E-state index in [0.717, 1.165) is 25.7 Å². The molecule has 3 rings (SSSR count). The topological polar surface area (TPSA) is 92.2 Å². The Morgan fingerprint density at radius 2 is 2.00 bits per heavy atom. The highest BCUT2D eigenvalue weighted by Crippen LogP contribution is 2.26. The van der Waals surface area contributed by atoms with Crippen molar-refractivity contribution in [2.45, 2.75) is 32.2 Å². The zero-order valence-electron chi connectivity index (χ0n) is 11.5. The first kappa shape index (κ1) is 13.6. The third-order valence-corrected chi connectivity index (χ3v) is 4.14. The second kappa shape index (κ2) is 5.20. The minimum atomic E-state index is -1.05. The fraction of sp³-hybridized carbons (Fsp3) is 0.400. The SMILES string of the molecule is O=C(O)c1ccc2[nH]c(=O)c(=O)n(CC3CCCC3)c2c1. The van der Waals surface area contributed by atoms with Crippen LogP contribution in [0.2, 0.25) is 0 Å². The Bertz CT molecular complexity index is 813. The summed E-state index contributed by atoms with van der Waals surface area (Å²) in [6.45, 7) is 0.475. The number of fused-ring (bicyclic) bond motifs is 1. The summed E-state index contributed by atoms with van der Waals surface area (Å²) < 4.78 is 1.43. The maximum atomic E-state index is 12.1. The first-order valence-electron chi connectivity index (χ1n) is 7.06. The number of nitrogens with zero attached hydrogens (tertiary/aromatic N) is 1. The molecule has 1 aromatic carbocycles. The molecule has 6 heteroatoms. The van der Waals surface area contributed by atoms with Crippen molar-refractivity contribution in [3.8, 4) is 0 Å². The molecule has 1 aromatic heterocycles. The van der Waals surface area contributed by atoms with Gasteiger partial charge in [-0.05, 0) is 37.0 Å². The second-order valence-electron chi connectivity index (χ2n) is 5.56. The summed E-state index contributed by atoms with van der Waals surface area (Å²) >= 11 is 0. The molecule has 1 saturated carbocycles. The van der Waals surface area contributed by atoms with Crippen LogP contribution in [0.15, 0.2) is 27.8 Å².